The van der Waals surface area contributed by atoms with E-state index in [0.29, 0.717) is 10.8 Å². The summed E-state index contributed by atoms with van der Waals surface area (Å²) in [7, 11) is 0. The molecule has 0 saturated heterocycles. The van der Waals surface area contributed by atoms with Gasteiger partial charge in [0, 0.05) is 0 Å². The molecule has 0 aliphatic rings. The molecule has 26 heavy (non-hydrogen) atoms. The predicted molar refractivity (Wildman–Crippen MR) is 88.0 cm³/mol. The van der Waals surface area contributed by atoms with E-state index < -0.39 is 22.3 Å². The molecule has 0 aliphatic heterocycles. The molecule has 13 heteroatoms. The van der Waals surface area contributed by atoms with Crippen LogP contribution in [0.25, 0.3) is 5.69 Å². The zero-order valence-corrected chi connectivity index (χ0v) is 14.6. The third-order valence-corrected chi connectivity index (χ3v) is 4.91. The fraction of sp³-hybridized carbons (Fsp3) is 0.231. The minimum absolute atomic E-state index is 0.225. The molecule has 1 N–H and O–H groups in total. The maximum Gasteiger partial charge on any atom is 0.445 e. The Morgan fingerprint density at radius 2 is 1.96 bits per heavy atom. The van der Waals surface area contributed by atoms with Gasteiger partial charge in [-0.3, -0.25) is 10.1 Å². The van der Waals surface area contributed by atoms with Crippen molar-refractivity contribution in [2.75, 3.05) is 5.32 Å². The molecule has 1 amide bonds. The number of alkyl halides is 3. The Labute approximate surface area is 152 Å². The standard InChI is InChI=1S/C13H10F3N7OS2/c1-7(9(24)17-11-19-18-10(26-11)13(14,15)16)25-12-20-21-22-23(12)8-5-3-2-4-6-8/h2-7H,1H3,(H,17,19,24). The van der Waals surface area contributed by atoms with Crippen molar-refractivity contribution in [1.82, 2.24) is 30.4 Å². The summed E-state index contributed by atoms with van der Waals surface area (Å²) in [6.07, 6.45) is -4.60. The highest BCUT2D eigenvalue weighted by atomic mass is 32.2. The fourth-order valence-electron chi connectivity index (χ4n) is 1.79. The zero-order valence-electron chi connectivity index (χ0n) is 13.0. The van der Waals surface area contributed by atoms with E-state index in [4.69, 9.17) is 0 Å². The van der Waals surface area contributed by atoms with Gasteiger partial charge in [-0.2, -0.15) is 17.9 Å². The summed E-state index contributed by atoms with van der Waals surface area (Å²) in [6, 6.07) is 9.06. The Hall–Kier alpha value is -2.54. The molecule has 2 heterocycles. The average Bonchev–Trinajstić information content (AvgIpc) is 3.24. The van der Waals surface area contributed by atoms with Crippen LogP contribution in [0.1, 0.15) is 11.9 Å². The summed E-state index contributed by atoms with van der Waals surface area (Å²) < 4.78 is 39.0. The molecule has 1 atom stereocenters. The number of benzene rings is 1. The van der Waals surface area contributed by atoms with E-state index in [0.717, 1.165) is 11.8 Å². The molecule has 3 rings (SSSR count). The minimum atomic E-state index is -4.60. The van der Waals surface area contributed by atoms with E-state index in [2.05, 4.69) is 31.0 Å². The van der Waals surface area contributed by atoms with E-state index in [1.54, 1.807) is 19.1 Å². The lowest BCUT2D eigenvalue weighted by Crippen LogP contribution is -2.22. The van der Waals surface area contributed by atoms with E-state index in [1.807, 2.05) is 18.2 Å². The van der Waals surface area contributed by atoms with Gasteiger partial charge in [0.2, 0.25) is 21.2 Å². The van der Waals surface area contributed by atoms with E-state index in [-0.39, 0.29) is 16.5 Å². The maximum absolute atomic E-state index is 12.5. The normalized spacial score (nSPS) is 12.8. The van der Waals surface area contributed by atoms with Crippen LogP contribution in [0.4, 0.5) is 18.3 Å². The van der Waals surface area contributed by atoms with Gasteiger partial charge in [0.1, 0.15) is 0 Å². The molecule has 0 saturated carbocycles. The third-order valence-electron chi connectivity index (χ3n) is 2.99. The van der Waals surface area contributed by atoms with Gasteiger partial charge in [-0.1, -0.05) is 41.3 Å². The molecule has 8 nitrogen and oxygen atoms in total. The number of nitrogens with zero attached hydrogens (tertiary/aromatic N) is 6. The molecule has 3 aromatic rings. The molecule has 0 fully saturated rings. The first kappa shape index (κ1) is 18.3. The first-order valence-electron chi connectivity index (χ1n) is 7.06. The molecular weight excluding hydrogens is 391 g/mol. The number of carbonyl (C=O) groups excluding carboxylic acids is 1. The highest BCUT2D eigenvalue weighted by Crippen LogP contribution is 2.33. The number of anilines is 1. The monoisotopic (exact) mass is 401 g/mol. The number of halogens is 3. The number of carbonyl (C=O) groups is 1. The van der Waals surface area contributed by atoms with Crippen molar-refractivity contribution in [1.29, 1.82) is 0 Å². The van der Waals surface area contributed by atoms with Gasteiger partial charge in [-0.05, 0) is 29.5 Å². The topological polar surface area (TPSA) is 98.5 Å². The predicted octanol–water partition coefficient (Wildman–Crippen LogP) is 2.65. The highest BCUT2D eigenvalue weighted by Gasteiger charge is 2.36. The van der Waals surface area contributed by atoms with Crippen molar-refractivity contribution in [3.8, 4) is 5.69 Å². The Morgan fingerprint density at radius 1 is 1.23 bits per heavy atom. The Balaban J connectivity index is 1.67. The second-order valence-electron chi connectivity index (χ2n) is 4.87. The summed E-state index contributed by atoms with van der Waals surface area (Å²) in [5.74, 6) is -0.539. The molecule has 0 spiro atoms. The SMILES string of the molecule is CC(Sc1nnnn1-c1ccccc1)C(=O)Nc1nnc(C(F)(F)F)s1. The second-order valence-corrected chi connectivity index (χ2v) is 7.15. The molecule has 1 unspecified atom stereocenters. The fourth-order valence-corrected chi connectivity index (χ4v) is 3.21. The minimum Gasteiger partial charge on any atom is -0.300 e. The van der Waals surface area contributed by atoms with Gasteiger partial charge in [-0.15, -0.1) is 15.3 Å². The van der Waals surface area contributed by atoms with E-state index in [9.17, 15) is 18.0 Å². The number of tetrazole rings is 1. The van der Waals surface area contributed by atoms with Crippen LogP contribution in [0.15, 0.2) is 35.5 Å². The lowest BCUT2D eigenvalue weighted by atomic mass is 10.3. The summed E-state index contributed by atoms with van der Waals surface area (Å²) in [5.41, 5.74) is 0.714. The van der Waals surface area contributed by atoms with Crippen LogP contribution in [0.5, 0.6) is 0 Å². The third kappa shape index (κ3) is 4.16. The number of hydrogen-bond donors (Lipinski definition) is 1. The van der Waals surface area contributed by atoms with E-state index >= 15 is 0 Å². The average molecular weight is 401 g/mol. The number of nitrogens with one attached hydrogen (secondary N) is 1. The summed E-state index contributed by atoms with van der Waals surface area (Å²) >= 11 is 1.32. The van der Waals surface area contributed by atoms with Crippen LogP contribution in [0, 0.1) is 0 Å². The molecule has 2 aromatic heterocycles. The molecule has 0 aliphatic carbocycles. The summed E-state index contributed by atoms with van der Waals surface area (Å²) in [6.45, 7) is 1.58. The first-order valence-corrected chi connectivity index (χ1v) is 8.76. The van der Waals surface area contributed by atoms with Gasteiger partial charge in [0.15, 0.2) is 0 Å². The largest absolute Gasteiger partial charge is 0.445 e. The highest BCUT2D eigenvalue weighted by molar-refractivity contribution is 8.00. The number of thioether (sulfide) groups is 1. The van der Waals surface area contributed by atoms with Crippen molar-refractivity contribution < 1.29 is 18.0 Å². The molecule has 136 valence electrons. The van der Waals surface area contributed by atoms with Gasteiger partial charge in [0.05, 0.1) is 10.9 Å². The first-order chi connectivity index (χ1) is 12.3. The molecule has 0 radical (unpaired) electrons. The smallest absolute Gasteiger partial charge is 0.300 e. The lowest BCUT2D eigenvalue weighted by molar-refractivity contribution is -0.138. The summed E-state index contributed by atoms with van der Waals surface area (Å²) in [4.78, 5) is 12.2. The van der Waals surface area contributed by atoms with Crippen molar-refractivity contribution in [2.45, 2.75) is 23.5 Å². The summed E-state index contributed by atoms with van der Waals surface area (Å²) in [5, 5.41) is 18.3. The Morgan fingerprint density at radius 3 is 2.62 bits per heavy atom. The van der Waals surface area contributed by atoms with Gasteiger partial charge < -0.3 is 0 Å². The van der Waals surface area contributed by atoms with Gasteiger partial charge >= 0.3 is 6.18 Å². The van der Waals surface area contributed by atoms with Crippen LogP contribution in [-0.4, -0.2) is 41.6 Å². The number of amides is 1. The van der Waals surface area contributed by atoms with E-state index in [1.165, 1.54) is 4.68 Å². The zero-order chi connectivity index (χ0) is 18.7. The number of rotatable bonds is 5. The number of para-hydroxylation sites is 1. The van der Waals surface area contributed by atoms with Crippen molar-refractivity contribution in [3.63, 3.8) is 0 Å². The lowest BCUT2D eigenvalue weighted by Gasteiger charge is -2.09. The van der Waals surface area contributed by atoms with Crippen LogP contribution in [0.3, 0.4) is 0 Å². The maximum atomic E-state index is 12.5. The number of aromatic nitrogens is 6. The van der Waals surface area contributed by atoms with Crippen LogP contribution in [0.2, 0.25) is 0 Å². The Bertz CT molecular complexity index is 897. The van der Waals surface area contributed by atoms with Crippen LogP contribution < -0.4 is 5.32 Å². The van der Waals surface area contributed by atoms with Crippen LogP contribution in [-0.2, 0) is 11.0 Å². The van der Waals surface area contributed by atoms with Gasteiger partial charge in [0.25, 0.3) is 0 Å². The molecule has 1 aromatic carbocycles. The van der Waals surface area contributed by atoms with Crippen LogP contribution >= 0.6 is 23.1 Å². The van der Waals surface area contributed by atoms with Crippen molar-refractivity contribution in [2.24, 2.45) is 0 Å². The van der Waals surface area contributed by atoms with Crippen molar-refractivity contribution >= 4 is 34.1 Å². The Kier molecular flexibility index (Phi) is 5.18. The van der Waals surface area contributed by atoms with Gasteiger partial charge in [-0.25, -0.2) is 0 Å². The second kappa shape index (κ2) is 7.37. The number of hydrogen-bond acceptors (Lipinski definition) is 8. The molecule has 0 bridgehead atoms. The van der Waals surface area contributed by atoms with Crippen molar-refractivity contribution in [3.05, 3.63) is 35.3 Å². The quantitative estimate of drug-likeness (QED) is 0.656. The molecular formula is C13H10F3N7OS2.